The second kappa shape index (κ2) is 13.4. The van der Waals surface area contributed by atoms with Gasteiger partial charge in [-0.15, -0.1) is 0 Å². The summed E-state index contributed by atoms with van der Waals surface area (Å²) in [6.07, 6.45) is 0.615. The van der Waals surface area contributed by atoms with Gasteiger partial charge in [0.15, 0.2) is 22.9 Å². The lowest BCUT2D eigenvalue weighted by Gasteiger charge is -2.17. The molecule has 0 bridgehead atoms. The van der Waals surface area contributed by atoms with Crippen molar-refractivity contribution >= 4 is 29.5 Å². The molecule has 0 spiro atoms. The monoisotopic (exact) mass is 592 g/mol. The molecular weight excluding hydrogens is 564 g/mol. The van der Waals surface area contributed by atoms with Gasteiger partial charge in [-0.3, -0.25) is 18.7 Å². The third-order valence-corrected chi connectivity index (χ3v) is 6.12. The van der Waals surface area contributed by atoms with Crippen LogP contribution in [0.4, 0.5) is 29.1 Å². The summed E-state index contributed by atoms with van der Waals surface area (Å²) in [5.41, 5.74) is 5.07. The van der Waals surface area contributed by atoms with Crippen molar-refractivity contribution in [1.29, 1.82) is 0 Å². The molecule has 0 fully saturated rings. The van der Waals surface area contributed by atoms with E-state index in [0.29, 0.717) is 25.1 Å². The largest absolute Gasteiger partial charge is 0.435 e. The van der Waals surface area contributed by atoms with Gasteiger partial charge in [0.25, 0.3) is 12.4 Å². The van der Waals surface area contributed by atoms with Crippen LogP contribution in [0.5, 0.6) is 5.75 Å². The van der Waals surface area contributed by atoms with Crippen LogP contribution in [0, 0.1) is 0 Å². The average molecular weight is 593 g/mol. The Morgan fingerprint density at radius 2 is 2.02 bits per heavy atom. The van der Waals surface area contributed by atoms with Crippen LogP contribution in [0.25, 0.3) is 16.9 Å². The number of hydrogen-bond donors (Lipinski definition) is 3. The molecule has 1 amide bonds. The molecule has 0 saturated carbocycles. The second-order valence-corrected chi connectivity index (χ2v) is 8.77. The molecule has 0 aliphatic heterocycles. The predicted molar refractivity (Wildman–Crippen MR) is 143 cm³/mol. The van der Waals surface area contributed by atoms with Gasteiger partial charge < -0.3 is 25.8 Å². The van der Waals surface area contributed by atoms with Crippen LogP contribution in [-0.2, 0) is 28.7 Å². The first-order valence-corrected chi connectivity index (χ1v) is 12.9. The lowest BCUT2D eigenvalue weighted by molar-refractivity contribution is -0.141. The van der Waals surface area contributed by atoms with E-state index in [9.17, 15) is 27.2 Å². The number of carbonyl (C=O) groups is 2. The molecule has 0 atom stereocenters. The number of aryl methyl sites for hydroxylation is 1. The van der Waals surface area contributed by atoms with Crippen molar-refractivity contribution in [3.8, 4) is 17.0 Å². The summed E-state index contributed by atoms with van der Waals surface area (Å²) in [4.78, 5) is 32.8. The molecule has 12 nitrogen and oxygen atoms in total. The molecular formula is C26H28F4N8O4. The van der Waals surface area contributed by atoms with E-state index < -0.39 is 24.5 Å². The Bertz CT molecular complexity index is 1550. The molecule has 3 heterocycles. The quantitative estimate of drug-likeness (QED) is 0.114. The normalized spacial score (nSPS) is 11.6. The minimum atomic E-state index is -4.79. The number of imidazole rings is 1. The van der Waals surface area contributed by atoms with Gasteiger partial charge >= 0.3 is 6.18 Å². The summed E-state index contributed by atoms with van der Waals surface area (Å²) in [7, 11) is 0. The summed E-state index contributed by atoms with van der Waals surface area (Å²) >= 11 is 0. The summed E-state index contributed by atoms with van der Waals surface area (Å²) in [6.45, 7) is 1.99. The number of nitrogens with two attached hydrogens (primary N) is 1. The van der Waals surface area contributed by atoms with Gasteiger partial charge in [0, 0.05) is 42.8 Å². The van der Waals surface area contributed by atoms with Crippen molar-refractivity contribution < 1.29 is 36.6 Å². The number of alkyl halides is 4. The molecule has 0 unspecified atom stereocenters. The van der Waals surface area contributed by atoms with Crippen molar-refractivity contribution in [3.63, 3.8) is 0 Å². The molecule has 16 heteroatoms. The van der Waals surface area contributed by atoms with E-state index >= 15 is 0 Å². The number of anilines is 2. The van der Waals surface area contributed by atoms with E-state index in [2.05, 4.69) is 25.7 Å². The number of carbonyl (C=O) groups excluding carboxylic acids is 2. The van der Waals surface area contributed by atoms with E-state index in [0.717, 1.165) is 10.9 Å². The van der Waals surface area contributed by atoms with Crippen LogP contribution < -0.4 is 21.1 Å². The zero-order valence-electron chi connectivity index (χ0n) is 22.4. The van der Waals surface area contributed by atoms with Crippen LogP contribution in [0.1, 0.15) is 28.5 Å². The number of nitrogens with one attached hydrogen (secondary N) is 2. The number of fused-ring (bicyclic) bond motifs is 1. The summed E-state index contributed by atoms with van der Waals surface area (Å²) in [6, 6.07) is 3.05. The maximum atomic E-state index is 13.8. The Labute approximate surface area is 236 Å². The van der Waals surface area contributed by atoms with Crippen LogP contribution in [0.15, 0.2) is 36.9 Å². The fourth-order valence-corrected chi connectivity index (χ4v) is 4.34. The van der Waals surface area contributed by atoms with Crippen molar-refractivity contribution in [3.05, 3.63) is 53.7 Å². The number of ether oxygens (including phenoxy) is 2. The first-order chi connectivity index (χ1) is 20.2. The van der Waals surface area contributed by atoms with Gasteiger partial charge in [-0.25, -0.2) is 14.4 Å². The minimum Gasteiger partial charge on any atom is -0.426 e. The van der Waals surface area contributed by atoms with Crippen molar-refractivity contribution in [1.82, 2.24) is 29.5 Å². The van der Waals surface area contributed by atoms with E-state index in [1.807, 2.05) is 0 Å². The molecule has 4 aromatic rings. The first kappa shape index (κ1) is 30.4. The fraction of sp³-hybridized carbons (Fsp3) is 0.346. The summed E-state index contributed by atoms with van der Waals surface area (Å²) in [5.74, 6) is -0.208. The topological polar surface area (TPSA) is 151 Å². The molecule has 224 valence electrons. The van der Waals surface area contributed by atoms with E-state index in [4.69, 9.17) is 15.2 Å². The average Bonchev–Trinajstić information content (AvgIpc) is 3.59. The molecule has 42 heavy (non-hydrogen) atoms. The number of amides is 1. The molecule has 0 saturated heterocycles. The Balaban J connectivity index is 1.69. The van der Waals surface area contributed by atoms with E-state index in [-0.39, 0.29) is 65.9 Å². The Morgan fingerprint density at radius 1 is 1.21 bits per heavy atom. The number of halogens is 4. The van der Waals surface area contributed by atoms with Crippen LogP contribution in [0.2, 0.25) is 0 Å². The minimum absolute atomic E-state index is 0.0500. The first-order valence-electron chi connectivity index (χ1n) is 12.9. The van der Waals surface area contributed by atoms with Crippen LogP contribution in [-0.4, -0.2) is 69.5 Å². The summed E-state index contributed by atoms with van der Waals surface area (Å²) in [5, 5.41) is 9.26. The number of benzene rings is 1. The van der Waals surface area contributed by atoms with Crippen molar-refractivity contribution in [2.45, 2.75) is 26.1 Å². The van der Waals surface area contributed by atoms with Crippen molar-refractivity contribution in [2.75, 3.05) is 38.3 Å². The van der Waals surface area contributed by atoms with Gasteiger partial charge in [-0.2, -0.15) is 18.3 Å². The third-order valence-electron chi connectivity index (χ3n) is 6.12. The lowest BCUT2D eigenvalue weighted by atomic mass is 10.0. The molecule has 0 aliphatic rings. The molecule has 1 aromatic carbocycles. The highest BCUT2D eigenvalue weighted by molar-refractivity contribution is 5.97. The number of rotatable bonds is 14. The Morgan fingerprint density at radius 3 is 2.71 bits per heavy atom. The van der Waals surface area contributed by atoms with Gasteiger partial charge in [-0.05, 0) is 18.6 Å². The fourth-order valence-electron chi connectivity index (χ4n) is 4.34. The third kappa shape index (κ3) is 6.49. The highest BCUT2D eigenvalue weighted by Gasteiger charge is 2.38. The second-order valence-electron chi connectivity index (χ2n) is 8.77. The Hall–Kier alpha value is -4.57. The Kier molecular flexibility index (Phi) is 9.69. The zero-order valence-corrected chi connectivity index (χ0v) is 22.4. The van der Waals surface area contributed by atoms with Crippen LogP contribution in [0.3, 0.4) is 0 Å². The maximum Gasteiger partial charge on any atom is 0.435 e. The van der Waals surface area contributed by atoms with Gasteiger partial charge in [0.1, 0.15) is 6.67 Å². The summed E-state index contributed by atoms with van der Waals surface area (Å²) < 4.78 is 66.9. The van der Waals surface area contributed by atoms with Gasteiger partial charge in [0.05, 0.1) is 42.9 Å². The van der Waals surface area contributed by atoms with Gasteiger partial charge in [-0.1, -0.05) is 6.92 Å². The van der Waals surface area contributed by atoms with Gasteiger partial charge in [0.2, 0.25) is 0 Å². The SMILES string of the molecule is CCc1c(C(=O)NCCOCCN)ccc(Nc2nccn3c(-c4cn(CCF)nc4C(F)(F)F)cnc23)c1OC=O. The number of hydrogen-bond acceptors (Lipinski definition) is 9. The van der Waals surface area contributed by atoms with E-state index in [1.54, 1.807) is 13.0 Å². The predicted octanol–water partition coefficient (Wildman–Crippen LogP) is 3.13. The standard InChI is InChI=1S/C26H28F4N8O4/c1-2-16-17(25(40)33-8-12-41-11-6-31)3-4-19(21(16)42-15-39)35-23-24-34-13-20(38(24)10-7-32-23)18-14-37(9-5-27)36-22(18)26(28,29)30/h3-4,7,10,13-15H,2,5-6,8-9,11-12,31H2,1H3,(H,32,35)(H,33,40). The molecule has 4 N–H and O–H groups in total. The number of aromatic nitrogens is 5. The molecule has 0 aliphatic carbocycles. The number of nitrogens with zero attached hydrogens (tertiary/aromatic N) is 5. The zero-order chi connectivity index (χ0) is 30.3. The molecule has 0 radical (unpaired) electrons. The van der Waals surface area contributed by atoms with Crippen LogP contribution >= 0.6 is 0 Å². The highest BCUT2D eigenvalue weighted by atomic mass is 19.4. The maximum absolute atomic E-state index is 13.8. The van der Waals surface area contributed by atoms with Crippen molar-refractivity contribution in [2.24, 2.45) is 5.73 Å². The molecule has 3 aromatic heterocycles. The molecule has 4 rings (SSSR count). The smallest absolute Gasteiger partial charge is 0.426 e. The highest BCUT2D eigenvalue weighted by Crippen LogP contribution is 2.38. The van der Waals surface area contributed by atoms with E-state index in [1.165, 1.54) is 29.1 Å². The lowest BCUT2D eigenvalue weighted by Crippen LogP contribution is -2.29.